The molecular formula is C17H22ClN3O3. The van der Waals surface area contributed by atoms with Gasteiger partial charge in [-0.25, -0.2) is 4.79 Å². The molecule has 1 amide bonds. The Morgan fingerprint density at radius 1 is 1.25 bits per heavy atom. The molecule has 1 aliphatic rings. The summed E-state index contributed by atoms with van der Waals surface area (Å²) < 4.78 is 11.3. The second kappa shape index (κ2) is 6.51. The van der Waals surface area contributed by atoms with Gasteiger partial charge in [0.2, 0.25) is 0 Å². The molecule has 0 atom stereocenters. The van der Waals surface area contributed by atoms with Gasteiger partial charge in [-0.1, -0.05) is 11.6 Å². The highest BCUT2D eigenvalue weighted by Crippen LogP contribution is 2.25. The molecule has 0 N–H and O–H groups in total. The number of ether oxygens (including phenoxy) is 1. The van der Waals surface area contributed by atoms with E-state index in [1.807, 2.05) is 26.8 Å². The van der Waals surface area contributed by atoms with Crippen LogP contribution in [0.25, 0.3) is 11.1 Å². The normalized spacial score (nSPS) is 16.3. The molecule has 0 saturated carbocycles. The Bertz CT molecular complexity index is 738. The van der Waals surface area contributed by atoms with Crippen LogP contribution in [0.4, 0.5) is 10.8 Å². The Balaban J connectivity index is 1.69. The van der Waals surface area contributed by atoms with Crippen LogP contribution in [0.2, 0.25) is 5.02 Å². The van der Waals surface area contributed by atoms with Gasteiger partial charge in [0.05, 0.1) is 0 Å². The van der Waals surface area contributed by atoms with Crippen molar-refractivity contribution < 1.29 is 13.9 Å². The number of anilines is 1. The van der Waals surface area contributed by atoms with E-state index in [9.17, 15) is 4.79 Å². The van der Waals surface area contributed by atoms with Crippen molar-refractivity contribution in [3.63, 3.8) is 0 Å². The smallest absolute Gasteiger partial charge is 0.410 e. The average Bonchev–Trinajstić information content (AvgIpc) is 2.73. The zero-order valence-electron chi connectivity index (χ0n) is 14.2. The first kappa shape index (κ1) is 16.9. The van der Waals surface area contributed by atoms with E-state index in [2.05, 4.69) is 9.88 Å². The van der Waals surface area contributed by atoms with Crippen LogP contribution in [0.3, 0.4) is 0 Å². The van der Waals surface area contributed by atoms with E-state index in [1.54, 1.807) is 17.0 Å². The number of amides is 1. The third kappa shape index (κ3) is 3.93. The van der Waals surface area contributed by atoms with Crippen molar-refractivity contribution in [1.82, 2.24) is 9.88 Å². The van der Waals surface area contributed by atoms with Crippen LogP contribution in [0.1, 0.15) is 27.2 Å². The number of nitrogens with zero attached hydrogens (tertiary/aromatic N) is 3. The molecule has 0 unspecified atom stereocenters. The monoisotopic (exact) mass is 351 g/mol. The Labute approximate surface area is 146 Å². The van der Waals surface area contributed by atoms with Crippen LogP contribution < -0.4 is 4.90 Å². The average molecular weight is 352 g/mol. The highest BCUT2D eigenvalue weighted by atomic mass is 35.5. The highest BCUT2D eigenvalue weighted by Gasteiger charge is 2.25. The first-order valence-electron chi connectivity index (χ1n) is 8.11. The minimum atomic E-state index is -0.483. The molecular weight excluding hydrogens is 330 g/mol. The van der Waals surface area contributed by atoms with Crippen molar-refractivity contribution in [3.8, 4) is 0 Å². The minimum absolute atomic E-state index is 0.270. The van der Waals surface area contributed by atoms with Gasteiger partial charge >= 0.3 is 6.09 Å². The maximum Gasteiger partial charge on any atom is 0.410 e. The van der Waals surface area contributed by atoms with E-state index < -0.39 is 5.60 Å². The number of benzene rings is 1. The standard InChI is InChI=1S/C17H22ClN3O3/c1-17(2,3)24-16(22)21-8-4-7-20(9-10-21)15-19-13-6-5-12(18)11-14(13)23-15/h5-6,11H,4,7-10H2,1-3H3. The lowest BCUT2D eigenvalue weighted by Gasteiger charge is -2.26. The van der Waals surface area contributed by atoms with E-state index in [0.29, 0.717) is 36.3 Å². The van der Waals surface area contributed by atoms with Crippen LogP contribution in [-0.4, -0.2) is 47.8 Å². The van der Waals surface area contributed by atoms with E-state index in [4.69, 9.17) is 20.8 Å². The van der Waals surface area contributed by atoms with Gasteiger partial charge < -0.3 is 19.0 Å². The van der Waals surface area contributed by atoms with Crippen LogP contribution in [-0.2, 0) is 4.74 Å². The van der Waals surface area contributed by atoms with Gasteiger partial charge in [0.1, 0.15) is 11.1 Å². The summed E-state index contributed by atoms with van der Waals surface area (Å²) in [7, 11) is 0. The summed E-state index contributed by atoms with van der Waals surface area (Å²) in [4.78, 5) is 20.5. The fraction of sp³-hybridized carbons (Fsp3) is 0.529. The molecule has 1 saturated heterocycles. The zero-order valence-corrected chi connectivity index (χ0v) is 15.0. The van der Waals surface area contributed by atoms with Gasteiger partial charge in [-0.05, 0) is 39.3 Å². The lowest BCUT2D eigenvalue weighted by Crippen LogP contribution is -2.39. The summed E-state index contributed by atoms with van der Waals surface area (Å²) in [5.74, 6) is 0. The minimum Gasteiger partial charge on any atom is -0.444 e. The first-order valence-corrected chi connectivity index (χ1v) is 8.48. The Kier molecular flexibility index (Phi) is 4.58. The highest BCUT2D eigenvalue weighted by molar-refractivity contribution is 6.31. The van der Waals surface area contributed by atoms with Gasteiger partial charge in [-0.15, -0.1) is 0 Å². The van der Waals surface area contributed by atoms with Gasteiger partial charge in [0.15, 0.2) is 5.58 Å². The number of fused-ring (bicyclic) bond motifs is 1. The Hall–Kier alpha value is -1.95. The number of carbonyl (C=O) groups is 1. The molecule has 0 bridgehead atoms. The number of aromatic nitrogens is 1. The second-order valence-corrected chi connectivity index (χ2v) is 7.35. The van der Waals surface area contributed by atoms with Crippen molar-refractivity contribution in [2.75, 3.05) is 31.1 Å². The molecule has 2 heterocycles. The van der Waals surface area contributed by atoms with Crippen LogP contribution >= 0.6 is 11.6 Å². The number of halogens is 1. The summed E-state index contributed by atoms with van der Waals surface area (Å²) >= 11 is 5.99. The Morgan fingerprint density at radius 2 is 2.04 bits per heavy atom. The number of carbonyl (C=O) groups excluding carboxylic acids is 1. The van der Waals surface area contributed by atoms with E-state index >= 15 is 0 Å². The van der Waals surface area contributed by atoms with Crippen LogP contribution in [0.5, 0.6) is 0 Å². The lowest BCUT2D eigenvalue weighted by atomic mass is 10.2. The summed E-state index contributed by atoms with van der Waals surface area (Å²) in [6.45, 7) is 8.29. The molecule has 3 rings (SSSR count). The van der Waals surface area contributed by atoms with Gasteiger partial charge in [0, 0.05) is 37.3 Å². The molecule has 0 aliphatic carbocycles. The van der Waals surface area contributed by atoms with Gasteiger partial charge in [-0.2, -0.15) is 4.98 Å². The fourth-order valence-corrected chi connectivity index (χ4v) is 2.80. The zero-order chi connectivity index (χ0) is 17.3. The molecule has 1 aromatic carbocycles. The number of hydrogen-bond acceptors (Lipinski definition) is 5. The topological polar surface area (TPSA) is 58.8 Å². The van der Waals surface area contributed by atoms with Crippen LogP contribution in [0, 0.1) is 0 Å². The third-order valence-electron chi connectivity index (χ3n) is 3.76. The van der Waals surface area contributed by atoms with E-state index in [-0.39, 0.29) is 6.09 Å². The molecule has 1 fully saturated rings. The van der Waals surface area contributed by atoms with Crippen LogP contribution in [0.15, 0.2) is 22.6 Å². The SMILES string of the molecule is CC(C)(C)OC(=O)N1CCCN(c2nc3ccc(Cl)cc3o2)CC1. The maximum atomic E-state index is 12.2. The first-order chi connectivity index (χ1) is 11.3. The second-order valence-electron chi connectivity index (χ2n) is 6.92. The Morgan fingerprint density at radius 3 is 2.79 bits per heavy atom. The molecule has 0 radical (unpaired) electrons. The lowest BCUT2D eigenvalue weighted by molar-refractivity contribution is 0.0263. The van der Waals surface area contributed by atoms with Gasteiger partial charge in [0.25, 0.3) is 6.01 Å². The molecule has 2 aromatic rings. The summed E-state index contributed by atoms with van der Waals surface area (Å²) in [5.41, 5.74) is 0.969. The van der Waals surface area contributed by atoms with Crippen molar-refractivity contribution in [3.05, 3.63) is 23.2 Å². The predicted molar refractivity (Wildman–Crippen MR) is 93.7 cm³/mol. The van der Waals surface area contributed by atoms with Crippen molar-refractivity contribution in [2.45, 2.75) is 32.8 Å². The fourth-order valence-electron chi connectivity index (χ4n) is 2.64. The maximum absolute atomic E-state index is 12.2. The van der Waals surface area contributed by atoms with Crippen molar-refractivity contribution in [1.29, 1.82) is 0 Å². The van der Waals surface area contributed by atoms with E-state index in [0.717, 1.165) is 18.5 Å². The summed E-state index contributed by atoms with van der Waals surface area (Å²) in [6.07, 6.45) is 0.562. The molecule has 6 nitrogen and oxygen atoms in total. The molecule has 7 heteroatoms. The molecule has 24 heavy (non-hydrogen) atoms. The quantitative estimate of drug-likeness (QED) is 0.779. The number of rotatable bonds is 1. The number of hydrogen-bond donors (Lipinski definition) is 0. The molecule has 1 aliphatic heterocycles. The van der Waals surface area contributed by atoms with Crippen molar-refractivity contribution >= 4 is 34.8 Å². The summed E-state index contributed by atoms with van der Waals surface area (Å²) in [6, 6.07) is 5.97. The largest absolute Gasteiger partial charge is 0.444 e. The third-order valence-corrected chi connectivity index (χ3v) is 3.99. The molecule has 130 valence electrons. The predicted octanol–water partition coefficient (Wildman–Crippen LogP) is 3.93. The van der Waals surface area contributed by atoms with E-state index in [1.165, 1.54) is 0 Å². The molecule has 0 spiro atoms. The van der Waals surface area contributed by atoms with Crippen molar-refractivity contribution in [2.24, 2.45) is 0 Å². The van der Waals surface area contributed by atoms with Gasteiger partial charge in [-0.3, -0.25) is 0 Å². The summed E-state index contributed by atoms with van der Waals surface area (Å²) in [5, 5.41) is 0.622. The molecule has 1 aromatic heterocycles. The number of oxazole rings is 1.